The van der Waals surface area contributed by atoms with E-state index in [9.17, 15) is 9.90 Å². The predicted molar refractivity (Wildman–Crippen MR) is 87.4 cm³/mol. The number of hydrogen-bond acceptors (Lipinski definition) is 3. The molecule has 0 saturated carbocycles. The van der Waals surface area contributed by atoms with Crippen LogP contribution in [0.3, 0.4) is 0 Å². The molecule has 1 unspecified atom stereocenters. The monoisotopic (exact) mass is 297 g/mol. The first-order valence-electron chi connectivity index (χ1n) is 6.89. The third kappa shape index (κ3) is 3.44. The third-order valence-corrected chi connectivity index (χ3v) is 3.62. The van der Waals surface area contributed by atoms with Crippen LogP contribution in [0, 0.1) is 19.3 Å². The highest BCUT2D eigenvalue weighted by molar-refractivity contribution is 5.95. The number of carboxylic acid groups (broad SMARTS) is 1. The van der Waals surface area contributed by atoms with E-state index in [1.807, 2.05) is 32.0 Å². The molecule has 0 heterocycles. The van der Waals surface area contributed by atoms with Crippen molar-refractivity contribution in [3.8, 4) is 0 Å². The van der Waals surface area contributed by atoms with Crippen LogP contribution in [-0.4, -0.2) is 16.9 Å². The number of nitrogen functional groups attached to an aromatic ring is 1. The fourth-order valence-electron chi connectivity index (χ4n) is 2.14. The van der Waals surface area contributed by atoms with E-state index in [-0.39, 0.29) is 5.84 Å². The van der Waals surface area contributed by atoms with Crippen LogP contribution in [0.4, 0.5) is 5.69 Å². The van der Waals surface area contributed by atoms with Crippen LogP contribution in [0.25, 0.3) is 0 Å². The van der Waals surface area contributed by atoms with Crippen LogP contribution in [0.1, 0.15) is 28.3 Å². The van der Waals surface area contributed by atoms with Crippen LogP contribution in [0.2, 0.25) is 0 Å². The lowest BCUT2D eigenvalue weighted by atomic mass is 10.0. The molecule has 0 spiro atoms. The molecule has 114 valence electrons. The van der Waals surface area contributed by atoms with Gasteiger partial charge in [0, 0.05) is 11.3 Å². The number of rotatable bonds is 5. The predicted octanol–water partition coefficient (Wildman–Crippen LogP) is 2.83. The summed E-state index contributed by atoms with van der Waals surface area (Å²) in [6.45, 7) is 3.95. The molecular weight excluding hydrogens is 278 g/mol. The highest BCUT2D eigenvalue weighted by Gasteiger charge is 2.20. The Morgan fingerprint density at radius 2 is 1.77 bits per heavy atom. The lowest BCUT2D eigenvalue weighted by Crippen LogP contribution is -2.20. The first-order chi connectivity index (χ1) is 10.4. The van der Waals surface area contributed by atoms with Gasteiger partial charge in [-0.3, -0.25) is 5.41 Å². The average Bonchev–Trinajstić information content (AvgIpc) is 2.48. The van der Waals surface area contributed by atoms with Crippen molar-refractivity contribution in [2.24, 2.45) is 5.73 Å². The molecule has 0 aliphatic carbocycles. The second kappa shape index (κ2) is 6.30. The number of carboxylic acids is 1. The van der Waals surface area contributed by atoms with Gasteiger partial charge in [0.15, 0.2) is 6.04 Å². The molecular formula is C17H19N3O2. The Balaban J connectivity index is 2.27. The van der Waals surface area contributed by atoms with Crippen LogP contribution in [-0.2, 0) is 4.79 Å². The number of nitrogens with two attached hydrogens (primary N) is 1. The fourth-order valence-corrected chi connectivity index (χ4v) is 2.14. The molecule has 5 N–H and O–H groups in total. The van der Waals surface area contributed by atoms with E-state index >= 15 is 0 Å². The van der Waals surface area contributed by atoms with Gasteiger partial charge in [-0.2, -0.15) is 0 Å². The van der Waals surface area contributed by atoms with Crippen molar-refractivity contribution in [1.82, 2.24) is 0 Å². The van der Waals surface area contributed by atoms with E-state index in [4.69, 9.17) is 11.1 Å². The van der Waals surface area contributed by atoms with Gasteiger partial charge in [0.2, 0.25) is 0 Å². The Morgan fingerprint density at radius 1 is 1.14 bits per heavy atom. The molecule has 0 aromatic heterocycles. The van der Waals surface area contributed by atoms with Crippen molar-refractivity contribution in [3.05, 3.63) is 64.7 Å². The summed E-state index contributed by atoms with van der Waals surface area (Å²) in [5, 5.41) is 19.8. The summed E-state index contributed by atoms with van der Waals surface area (Å²) in [7, 11) is 0. The number of nitrogens with one attached hydrogen (secondary N) is 2. The Labute approximate surface area is 129 Å². The highest BCUT2D eigenvalue weighted by Crippen LogP contribution is 2.22. The summed E-state index contributed by atoms with van der Waals surface area (Å²) in [6, 6.07) is 11.6. The molecule has 5 nitrogen and oxygen atoms in total. The van der Waals surface area contributed by atoms with E-state index < -0.39 is 12.0 Å². The van der Waals surface area contributed by atoms with Crippen molar-refractivity contribution in [2.75, 3.05) is 5.32 Å². The summed E-state index contributed by atoms with van der Waals surface area (Å²) in [4.78, 5) is 11.6. The normalized spacial score (nSPS) is 11.7. The lowest BCUT2D eigenvalue weighted by molar-refractivity contribution is -0.138. The third-order valence-electron chi connectivity index (χ3n) is 3.62. The first-order valence-corrected chi connectivity index (χ1v) is 6.89. The average molecular weight is 297 g/mol. The zero-order valence-electron chi connectivity index (χ0n) is 12.6. The van der Waals surface area contributed by atoms with E-state index in [1.165, 1.54) is 0 Å². The maximum atomic E-state index is 11.6. The minimum atomic E-state index is -0.945. The molecule has 0 radical (unpaired) electrons. The van der Waals surface area contributed by atoms with Crippen molar-refractivity contribution >= 4 is 17.5 Å². The summed E-state index contributed by atoms with van der Waals surface area (Å²) in [5.74, 6) is -0.964. The lowest BCUT2D eigenvalue weighted by Gasteiger charge is -2.17. The maximum absolute atomic E-state index is 11.6. The number of hydrogen-bond donors (Lipinski definition) is 4. The molecule has 0 amide bonds. The molecule has 0 saturated heterocycles. The Morgan fingerprint density at radius 3 is 2.27 bits per heavy atom. The van der Waals surface area contributed by atoms with Gasteiger partial charge in [0.1, 0.15) is 5.84 Å². The zero-order valence-corrected chi connectivity index (χ0v) is 12.6. The van der Waals surface area contributed by atoms with Crippen molar-refractivity contribution in [3.63, 3.8) is 0 Å². The van der Waals surface area contributed by atoms with Crippen molar-refractivity contribution < 1.29 is 9.90 Å². The molecule has 22 heavy (non-hydrogen) atoms. The van der Waals surface area contributed by atoms with E-state index in [0.717, 1.165) is 11.1 Å². The van der Waals surface area contributed by atoms with Gasteiger partial charge >= 0.3 is 5.97 Å². The Kier molecular flexibility index (Phi) is 4.46. The highest BCUT2D eigenvalue weighted by atomic mass is 16.4. The number of benzene rings is 2. The summed E-state index contributed by atoms with van der Waals surface area (Å²) in [5.41, 5.74) is 9.54. The number of carbonyl (C=O) groups is 1. The van der Waals surface area contributed by atoms with Crippen LogP contribution in [0.15, 0.2) is 42.5 Å². The number of amidine groups is 1. The maximum Gasteiger partial charge on any atom is 0.330 e. The smallest absolute Gasteiger partial charge is 0.330 e. The fraction of sp³-hybridized carbons (Fsp3) is 0.176. The summed E-state index contributed by atoms with van der Waals surface area (Å²) >= 11 is 0. The van der Waals surface area contributed by atoms with Gasteiger partial charge in [0.25, 0.3) is 0 Å². The van der Waals surface area contributed by atoms with E-state index in [0.29, 0.717) is 16.8 Å². The van der Waals surface area contributed by atoms with E-state index in [1.54, 1.807) is 24.3 Å². The second-order valence-electron chi connectivity index (χ2n) is 5.25. The topological polar surface area (TPSA) is 99.2 Å². The largest absolute Gasteiger partial charge is 0.479 e. The molecule has 0 bridgehead atoms. The Hall–Kier alpha value is -2.82. The minimum absolute atomic E-state index is 0.0181. The molecule has 0 aliphatic rings. The second-order valence-corrected chi connectivity index (χ2v) is 5.25. The molecule has 0 aliphatic heterocycles. The van der Waals surface area contributed by atoms with Gasteiger partial charge in [-0.25, -0.2) is 4.79 Å². The van der Waals surface area contributed by atoms with Gasteiger partial charge in [0.05, 0.1) is 0 Å². The Bertz CT molecular complexity index is 708. The van der Waals surface area contributed by atoms with Crippen LogP contribution < -0.4 is 11.1 Å². The number of anilines is 1. The van der Waals surface area contributed by atoms with E-state index in [2.05, 4.69) is 5.32 Å². The van der Waals surface area contributed by atoms with Crippen LogP contribution >= 0.6 is 0 Å². The molecule has 5 heteroatoms. The standard InChI is InChI=1S/C17H19N3O2/c1-10-3-4-13(9-11(10)2)15(17(21)22)20-14-7-5-12(6-8-14)16(18)19/h3-9,15,20H,1-2H3,(H3,18,19)(H,21,22). The minimum Gasteiger partial charge on any atom is -0.479 e. The number of aliphatic carboxylic acids is 1. The van der Waals surface area contributed by atoms with Crippen molar-refractivity contribution in [1.29, 1.82) is 5.41 Å². The molecule has 1 atom stereocenters. The van der Waals surface area contributed by atoms with Crippen LogP contribution in [0.5, 0.6) is 0 Å². The van der Waals surface area contributed by atoms with Gasteiger partial charge in [-0.1, -0.05) is 18.2 Å². The van der Waals surface area contributed by atoms with Gasteiger partial charge in [-0.15, -0.1) is 0 Å². The number of aryl methyl sites for hydroxylation is 2. The zero-order chi connectivity index (χ0) is 16.3. The summed E-state index contributed by atoms with van der Waals surface area (Å²) < 4.78 is 0. The SMILES string of the molecule is Cc1ccc(C(Nc2ccc(C(=N)N)cc2)C(=O)O)cc1C. The molecule has 2 aromatic carbocycles. The molecule has 2 rings (SSSR count). The van der Waals surface area contributed by atoms with Gasteiger partial charge < -0.3 is 16.2 Å². The molecule has 0 fully saturated rings. The summed E-state index contributed by atoms with van der Waals surface area (Å²) in [6.07, 6.45) is 0. The first kappa shape index (κ1) is 15.6. The van der Waals surface area contributed by atoms with Gasteiger partial charge in [-0.05, 0) is 54.8 Å². The quantitative estimate of drug-likeness (QED) is 0.503. The molecule has 2 aromatic rings. The van der Waals surface area contributed by atoms with Crippen molar-refractivity contribution in [2.45, 2.75) is 19.9 Å².